The van der Waals surface area contributed by atoms with Gasteiger partial charge in [0.1, 0.15) is 0 Å². The molecule has 114 valence electrons. The Morgan fingerprint density at radius 3 is 2.62 bits per heavy atom. The quantitative estimate of drug-likeness (QED) is 0.846. The smallest absolute Gasteiger partial charge is 0.224 e. The van der Waals surface area contributed by atoms with Gasteiger partial charge in [0.15, 0.2) is 0 Å². The maximum atomic E-state index is 12.2. The molecule has 0 atom stereocenters. The lowest BCUT2D eigenvalue weighted by Crippen LogP contribution is -2.42. The summed E-state index contributed by atoms with van der Waals surface area (Å²) >= 11 is 0. The summed E-state index contributed by atoms with van der Waals surface area (Å²) in [6, 6.07) is 7.76. The van der Waals surface area contributed by atoms with E-state index in [1.807, 2.05) is 31.2 Å². The lowest BCUT2D eigenvalue weighted by molar-refractivity contribution is -0.135. The monoisotopic (exact) mass is 290 g/mol. The topological polar surface area (TPSA) is 49.9 Å². The second-order valence-electron chi connectivity index (χ2n) is 5.25. The number of morpholine rings is 1. The number of aryl methyl sites for hydroxylation is 1. The van der Waals surface area contributed by atoms with Gasteiger partial charge in [0.25, 0.3) is 0 Å². The van der Waals surface area contributed by atoms with Crippen molar-refractivity contribution in [1.82, 2.24) is 4.90 Å². The molecule has 1 aromatic carbocycles. The molecule has 1 aromatic rings. The fourth-order valence-corrected chi connectivity index (χ4v) is 2.44. The Labute approximate surface area is 125 Å². The van der Waals surface area contributed by atoms with Gasteiger partial charge in [-0.3, -0.25) is 9.59 Å². The molecule has 2 amide bonds. The van der Waals surface area contributed by atoms with Crippen LogP contribution in [0.2, 0.25) is 0 Å². The van der Waals surface area contributed by atoms with Crippen LogP contribution in [0.15, 0.2) is 24.3 Å². The molecule has 0 aliphatic carbocycles. The minimum Gasteiger partial charge on any atom is -0.378 e. The maximum Gasteiger partial charge on any atom is 0.224 e. The largest absolute Gasteiger partial charge is 0.378 e. The summed E-state index contributed by atoms with van der Waals surface area (Å²) in [7, 11) is 0. The van der Waals surface area contributed by atoms with Crippen molar-refractivity contribution < 1.29 is 14.3 Å². The Hall–Kier alpha value is -1.88. The summed E-state index contributed by atoms with van der Waals surface area (Å²) in [5.74, 6) is 0.0348. The van der Waals surface area contributed by atoms with Gasteiger partial charge >= 0.3 is 0 Å². The standard InChI is InChI=1S/C16H22N2O3/c1-13-4-3-5-15(12-13)18(14(2)19)7-6-16(20)17-8-10-21-11-9-17/h3-5,12H,6-11H2,1-2H3. The first-order valence-corrected chi connectivity index (χ1v) is 7.28. The van der Waals surface area contributed by atoms with E-state index in [1.165, 1.54) is 6.92 Å². The molecule has 1 fully saturated rings. The highest BCUT2D eigenvalue weighted by Crippen LogP contribution is 2.17. The highest BCUT2D eigenvalue weighted by Gasteiger charge is 2.19. The van der Waals surface area contributed by atoms with Crippen LogP contribution in [0.3, 0.4) is 0 Å². The number of rotatable bonds is 4. The van der Waals surface area contributed by atoms with Crippen LogP contribution in [-0.2, 0) is 14.3 Å². The van der Waals surface area contributed by atoms with Gasteiger partial charge in [0.05, 0.1) is 13.2 Å². The van der Waals surface area contributed by atoms with Crippen LogP contribution < -0.4 is 4.90 Å². The van der Waals surface area contributed by atoms with E-state index in [0.29, 0.717) is 39.3 Å². The van der Waals surface area contributed by atoms with Crippen molar-refractivity contribution in [3.05, 3.63) is 29.8 Å². The average molecular weight is 290 g/mol. The van der Waals surface area contributed by atoms with Gasteiger partial charge in [-0.2, -0.15) is 0 Å². The van der Waals surface area contributed by atoms with Crippen LogP contribution in [0, 0.1) is 6.92 Å². The Morgan fingerprint density at radius 1 is 1.29 bits per heavy atom. The molecule has 1 aliphatic heterocycles. The predicted octanol–water partition coefficient (Wildman–Crippen LogP) is 1.60. The van der Waals surface area contributed by atoms with Crippen molar-refractivity contribution in [2.75, 3.05) is 37.7 Å². The minimum atomic E-state index is -0.0459. The van der Waals surface area contributed by atoms with E-state index in [9.17, 15) is 9.59 Å². The molecule has 1 heterocycles. The summed E-state index contributed by atoms with van der Waals surface area (Å²) in [4.78, 5) is 27.4. The van der Waals surface area contributed by atoms with Gasteiger partial charge in [0, 0.05) is 38.7 Å². The van der Waals surface area contributed by atoms with Gasteiger partial charge in [-0.25, -0.2) is 0 Å². The first-order valence-electron chi connectivity index (χ1n) is 7.28. The SMILES string of the molecule is CC(=O)N(CCC(=O)N1CCOCC1)c1cccc(C)c1. The number of amides is 2. The van der Waals surface area contributed by atoms with Crippen molar-refractivity contribution in [3.63, 3.8) is 0 Å². The summed E-state index contributed by atoms with van der Waals surface area (Å²) < 4.78 is 5.24. The number of nitrogens with zero attached hydrogens (tertiary/aromatic N) is 2. The molecular weight excluding hydrogens is 268 g/mol. The Balaban J connectivity index is 1.97. The molecule has 0 aromatic heterocycles. The molecular formula is C16H22N2O3. The number of hydrogen-bond acceptors (Lipinski definition) is 3. The molecule has 0 N–H and O–H groups in total. The Bertz CT molecular complexity index is 510. The van der Waals surface area contributed by atoms with E-state index in [1.54, 1.807) is 9.80 Å². The predicted molar refractivity (Wildman–Crippen MR) is 81.2 cm³/mol. The fourth-order valence-electron chi connectivity index (χ4n) is 2.44. The molecule has 0 unspecified atom stereocenters. The van der Waals surface area contributed by atoms with Crippen LogP contribution in [0.5, 0.6) is 0 Å². The van der Waals surface area contributed by atoms with E-state index < -0.39 is 0 Å². The molecule has 0 radical (unpaired) electrons. The Morgan fingerprint density at radius 2 is 2.00 bits per heavy atom. The zero-order valence-corrected chi connectivity index (χ0v) is 12.7. The zero-order valence-electron chi connectivity index (χ0n) is 12.7. The summed E-state index contributed by atoms with van der Waals surface area (Å²) in [5, 5.41) is 0. The van der Waals surface area contributed by atoms with Gasteiger partial charge < -0.3 is 14.5 Å². The van der Waals surface area contributed by atoms with Crippen molar-refractivity contribution in [2.45, 2.75) is 20.3 Å². The molecule has 5 heteroatoms. The van der Waals surface area contributed by atoms with Crippen LogP contribution >= 0.6 is 0 Å². The van der Waals surface area contributed by atoms with E-state index in [2.05, 4.69) is 0 Å². The first-order chi connectivity index (χ1) is 10.1. The summed E-state index contributed by atoms with van der Waals surface area (Å²) in [6.45, 7) is 6.41. The van der Waals surface area contributed by atoms with E-state index in [-0.39, 0.29) is 11.8 Å². The van der Waals surface area contributed by atoms with Gasteiger partial charge in [0.2, 0.25) is 11.8 Å². The van der Waals surface area contributed by atoms with E-state index in [4.69, 9.17) is 4.74 Å². The number of anilines is 1. The second-order valence-corrected chi connectivity index (χ2v) is 5.25. The lowest BCUT2D eigenvalue weighted by atomic mass is 10.2. The molecule has 0 bridgehead atoms. The van der Waals surface area contributed by atoms with Crippen molar-refractivity contribution in [3.8, 4) is 0 Å². The lowest BCUT2D eigenvalue weighted by Gasteiger charge is -2.28. The molecule has 0 saturated carbocycles. The molecule has 1 saturated heterocycles. The van der Waals surface area contributed by atoms with E-state index >= 15 is 0 Å². The van der Waals surface area contributed by atoms with E-state index in [0.717, 1.165) is 11.3 Å². The van der Waals surface area contributed by atoms with Crippen molar-refractivity contribution in [1.29, 1.82) is 0 Å². The zero-order chi connectivity index (χ0) is 15.2. The van der Waals surface area contributed by atoms with Crippen molar-refractivity contribution in [2.24, 2.45) is 0 Å². The molecule has 21 heavy (non-hydrogen) atoms. The maximum absolute atomic E-state index is 12.2. The summed E-state index contributed by atoms with van der Waals surface area (Å²) in [6.07, 6.45) is 0.341. The minimum absolute atomic E-state index is 0.0459. The Kier molecular flexibility index (Phi) is 5.33. The van der Waals surface area contributed by atoms with Crippen LogP contribution in [0.25, 0.3) is 0 Å². The van der Waals surface area contributed by atoms with Crippen LogP contribution in [0.4, 0.5) is 5.69 Å². The molecule has 2 rings (SSSR count). The number of carbonyl (C=O) groups excluding carboxylic acids is 2. The van der Waals surface area contributed by atoms with Crippen LogP contribution in [-0.4, -0.2) is 49.6 Å². The third-order valence-electron chi connectivity index (χ3n) is 3.61. The average Bonchev–Trinajstić information content (AvgIpc) is 2.48. The first kappa shape index (κ1) is 15.5. The third-order valence-corrected chi connectivity index (χ3v) is 3.61. The van der Waals surface area contributed by atoms with Gasteiger partial charge in [-0.1, -0.05) is 12.1 Å². The normalized spacial score (nSPS) is 14.9. The summed E-state index contributed by atoms with van der Waals surface area (Å²) in [5.41, 5.74) is 1.94. The second kappa shape index (κ2) is 7.22. The molecule has 1 aliphatic rings. The highest BCUT2D eigenvalue weighted by atomic mass is 16.5. The fraction of sp³-hybridized carbons (Fsp3) is 0.500. The number of benzene rings is 1. The van der Waals surface area contributed by atoms with Gasteiger partial charge in [-0.05, 0) is 24.6 Å². The number of hydrogen-bond donors (Lipinski definition) is 0. The molecule has 5 nitrogen and oxygen atoms in total. The number of ether oxygens (including phenoxy) is 1. The highest BCUT2D eigenvalue weighted by molar-refractivity contribution is 5.92. The van der Waals surface area contributed by atoms with Crippen LogP contribution in [0.1, 0.15) is 18.9 Å². The van der Waals surface area contributed by atoms with Gasteiger partial charge in [-0.15, -0.1) is 0 Å². The number of carbonyl (C=O) groups is 2. The van der Waals surface area contributed by atoms with Crippen molar-refractivity contribution >= 4 is 17.5 Å². The molecule has 0 spiro atoms. The third kappa shape index (κ3) is 4.29.